The van der Waals surface area contributed by atoms with Crippen molar-refractivity contribution in [2.75, 3.05) is 6.61 Å². The van der Waals surface area contributed by atoms with Gasteiger partial charge in [0.05, 0.1) is 6.61 Å². The maximum absolute atomic E-state index is 5.46. The van der Waals surface area contributed by atoms with Crippen molar-refractivity contribution in [3.05, 3.63) is 11.6 Å². The lowest BCUT2D eigenvalue weighted by Crippen LogP contribution is -2.19. The van der Waals surface area contributed by atoms with Gasteiger partial charge in [0.2, 0.25) is 0 Å². The van der Waals surface area contributed by atoms with E-state index in [9.17, 15) is 0 Å². The predicted molar refractivity (Wildman–Crippen MR) is 45.0 cm³/mol. The summed E-state index contributed by atoms with van der Waals surface area (Å²) in [6.45, 7) is 0.869. The van der Waals surface area contributed by atoms with Gasteiger partial charge >= 0.3 is 0 Å². The maximum atomic E-state index is 5.46. The number of thiazole rings is 1. The van der Waals surface area contributed by atoms with Crippen LogP contribution in [0.15, 0.2) is 11.6 Å². The fraction of sp³-hybridized carbons (Fsp3) is 0.625. The zero-order chi connectivity index (χ0) is 7.52. The predicted octanol–water partition coefficient (Wildman–Crippen LogP) is 2.32. The van der Waals surface area contributed by atoms with Gasteiger partial charge in [0.1, 0.15) is 0 Å². The van der Waals surface area contributed by atoms with E-state index in [4.69, 9.17) is 4.74 Å². The fourth-order valence-corrected chi connectivity index (χ4v) is 1.63. The first-order valence-corrected chi connectivity index (χ1v) is 4.85. The van der Waals surface area contributed by atoms with Crippen LogP contribution < -0.4 is 4.74 Å². The summed E-state index contributed by atoms with van der Waals surface area (Å²) in [6.07, 6.45) is 5.84. The molecule has 0 amide bonds. The van der Waals surface area contributed by atoms with Crippen molar-refractivity contribution in [2.45, 2.75) is 19.3 Å². The van der Waals surface area contributed by atoms with E-state index in [0.717, 1.165) is 17.7 Å². The Morgan fingerprint density at radius 3 is 3.09 bits per heavy atom. The Labute approximate surface area is 70.2 Å². The van der Waals surface area contributed by atoms with Crippen molar-refractivity contribution in [1.29, 1.82) is 0 Å². The molecule has 0 radical (unpaired) electrons. The van der Waals surface area contributed by atoms with Crippen molar-refractivity contribution in [3.8, 4) is 5.19 Å². The number of rotatable bonds is 3. The monoisotopic (exact) mass is 169 g/mol. The molecule has 2 rings (SSSR count). The highest BCUT2D eigenvalue weighted by molar-refractivity contribution is 7.11. The van der Waals surface area contributed by atoms with Gasteiger partial charge in [-0.15, -0.1) is 0 Å². The zero-order valence-electron chi connectivity index (χ0n) is 6.32. The van der Waals surface area contributed by atoms with Crippen LogP contribution in [0.5, 0.6) is 5.19 Å². The van der Waals surface area contributed by atoms with Crippen LogP contribution in [0.2, 0.25) is 0 Å². The third-order valence-electron chi connectivity index (χ3n) is 2.08. The van der Waals surface area contributed by atoms with Gasteiger partial charge in [-0.1, -0.05) is 17.8 Å². The molecule has 60 valence electrons. The highest BCUT2D eigenvalue weighted by Crippen LogP contribution is 2.27. The molecule has 1 aliphatic rings. The average Bonchev–Trinajstić information content (AvgIpc) is 2.36. The summed E-state index contributed by atoms with van der Waals surface area (Å²) in [5.74, 6) is 0.805. The van der Waals surface area contributed by atoms with Gasteiger partial charge in [-0.2, -0.15) is 0 Å². The molecule has 1 heterocycles. The van der Waals surface area contributed by atoms with Crippen LogP contribution in [0.1, 0.15) is 19.3 Å². The van der Waals surface area contributed by atoms with Crippen LogP contribution in [0, 0.1) is 5.92 Å². The number of aromatic nitrogens is 1. The van der Waals surface area contributed by atoms with Gasteiger partial charge in [-0.3, -0.25) is 0 Å². The Bertz CT molecular complexity index is 206. The zero-order valence-corrected chi connectivity index (χ0v) is 7.14. The molecular weight excluding hydrogens is 158 g/mol. The van der Waals surface area contributed by atoms with Gasteiger partial charge in [0.25, 0.3) is 5.19 Å². The van der Waals surface area contributed by atoms with E-state index >= 15 is 0 Å². The maximum Gasteiger partial charge on any atom is 0.273 e. The lowest BCUT2D eigenvalue weighted by atomic mass is 9.86. The first-order valence-electron chi connectivity index (χ1n) is 3.97. The van der Waals surface area contributed by atoms with E-state index < -0.39 is 0 Å². The third-order valence-corrected chi connectivity index (χ3v) is 2.76. The summed E-state index contributed by atoms with van der Waals surface area (Å²) in [7, 11) is 0. The molecule has 1 aliphatic carbocycles. The van der Waals surface area contributed by atoms with Crippen molar-refractivity contribution in [1.82, 2.24) is 4.98 Å². The van der Waals surface area contributed by atoms with E-state index in [1.165, 1.54) is 19.3 Å². The molecule has 3 heteroatoms. The highest BCUT2D eigenvalue weighted by Gasteiger charge is 2.17. The molecule has 0 saturated heterocycles. The van der Waals surface area contributed by atoms with Gasteiger partial charge in [-0.05, 0) is 18.8 Å². The lowest BCUT2D eigenvalue weighted by molar-refractivity contribution is 0.180. The number of ether oxygens (including phenoxy) is 1. The largest absolute Gasteiger partial charge is 0.470 e. The minimum Gasteiger partial charge on any atom is -0.470 e. The van der Waals surface area contributed by atoms with Crippen LogP contribution >= 0.6 is 11.3 Å². The van der Waals surface area contributed by atoms with Gasteiger partial charge in [0, 0.05) is 11.6 Å². The van der Waals surface area contributed by atoms with Crippen LogP contribution in [0.4, 0.5) is 0 Å². The smallest absolute Gasteiger partial charge is 0.273 e. The molecule has 0 N–H and O–H groups in total. The Morgan fingerprint density at radius 1 is 1.64 bits per heavy atom. The highest BCUT2D eigenvalue weighted by atomic mass is 32.1. The molecule has 0 unspecified atom stereocenters. The van der Waals surface area contributed by atoms with E-state index in [1.54, 1.807) is 17.5 Å². The summed E-state index contributed by atoms with van der Waals surface area (Å²) in [6, 6.07) is 0. The summed E-state index contributed by atoms with van der Waals surface area (Å²) in [4.78, 5) is 4.04. The number of hydrogen-bond donors (Lipinski definition) is 0. The molecule has 0 bridgehead atoms. The summed E-state index contributed by atoms with van der Waals surface area (Å²) < 4.78 is 5.46. The second-order valence-electron chi connectivity index (χ2n) is 2.91. The minimum absolute atomic E-state index is 0.805. The van der Waals surface area contributed by atoms with Gasteiger partial charge in [0.15, 0.2) is 0 Å². The van der Waals surface area contributed by atoms with E-state index in [2.05, 4.69) is 4.98 Å². The number of hydrogen-bond acceptors (Lipinski definition) is 3. The average molecular weight is 169 g/mol. The second kappa shape index (κ2) is 3.22. The summed E-state index contributed by atoms with van der Waals surface area (Å²) in [5, 5.41) is 2.76. The topological polar surface area (TPSA) is 22.1 Å². The van der Waals surface area contributed by atoms with E-state index in [0.29, 0.717) is 0 Å². The molecule has 0 aliphatic heterocycles. The number of nitrogens with zero attached hydrogens (tertiary/aromatic N) is 1. The first kappa shape index (κ1) is 7.10. The third kappa shape index (κ3) is 1.71. The van der Waals surface area contributed by atoms with Crippen LogP contribution in [-0.2, 0) is 0 Å². The normalized spacial score (nSPS) is 17.8. The van der Waals surface area contributed by atoms with Crippen molar-refractivity contribution < 1.29 is 4.74 Å². The molecule has 0 aromatic carbocycles. The Hall–Kier alpha value is -0.570. The molecule has 1 aromatic heterocycles. The van der Waals surface area contributed by atoms with Crippen molar-refractivity contribution in [3.63, 3.8) is 0 Å². The molecule has 0 spiro atoms. The molecule has 11 heavy (non-hydrogen) atoms. The minimum atomic E-state index is 0.805. The van der Waals surface area contributed by atoms with Crippen molar-refractivity contribution in [2.24, 2.45) is 5.92 Å². The fourth-order valence-electron chi connectivity index (χ4n) is 1.13. The molecule has 1 saturated carbocycles. The summed E-state index contributed by atoms with van der Waals surface area (Å²) >= 11 is 1.57. The molecule has 0 atom stereocenters. The van der Waals surface area contributed by atoms with Crippen LogP contribution in [-0.4, -0.2) is 11.6 Å². The van der Waals surface area contributed by atoms with Gasteiger partial charge < -0.3 is 4.74 Å². The molecule has 1 aromatic rings. The van der Waals surface area contributed by atoms with E-state index in [1.807, 2.05) is 5.38 Å². The lowest BCUT2D eigenvalue weighted by Gasteiger charge is -2.24. The Morgan fingerprint density at radius 2 is 2.55 bits per heavy atom. The molecule has 1 fully saturated rings. The molecular formula is C8H11NOS. The second-order valence-corrected chi connectivity index (χ2v) is 3.76. The SMILES string of the molecule is c1csc(OCC2CCC2)n1. The van der Waals surface area contributed by atoms with Crippen LogP contribution in [0.25, 0.3) is 0 Å². The standard InChI is InChI=1S/C8H11NOS/c1-2-7(3-1)6-10-8-9-4-5-11-8/h4-5,7H,1-3,6H2. The van der Waals surface area contributed by atoms with Crippen LogP contribution in [0.3, 0.4) is 0 Å². The Kier molecular flexibility index (Phi) is 2.08. The van der Waals surface area contributed by atoms with Gasteiger partial charge in [-0.25, -0.2) is 4.98 Å². The molecule has 2 nitrogen and oxygen atoms in total. The summed E-state index contributed by atoms with van der Waals surface area (Å²) in [5.41, 5.74) is 0. The Balaban J connectivity index is 1.74. The van der Waals surface area contributed by atoms with Crippen molar-refractivity contribution >= 4 is 11.3 Å². The quantitative estimate of drug-likeness (QED) is 0.692. The van der Waals surface area contributed by atoms with E-state index in [-0.39, 0.29) is 0 Å². The first-order chi connectivity index (χ1) is 5.45.